The smallest absolute Gasteiger partial charge is 0.457 e. The Kier molecular flexibility index (Phi) is 6.58. The third-order valence-electron chi connectivity index (χ3n) is 6.79. The second-order valence-electron chi connectivity index (χ2n) is 9.97. The Morgan fingerprint density at radius 2 is 1.74 bits per heavy atom. The van der Waals surface area contributed by atoms with Gasteiger partial charge in [-0.3, -0.25) is 14.8 Å². The molecular weight excluding hydrogens is 584 g/mol. The average Bonchev–Trinajstić information content (AvgIpc) is 3.58. The Hall–Kier alpha value is -5.01. The number of hydrogen-bond donors (Lipinski definition) is 1. The molecule has 2 aliphatic rings. The molecule has 0 saturated heterocycles. The number of fused-ring (bicyclic) bond motifs is 1. The van der Waals surface area contributed by atoms with Gasteiger partial charge in [-0.2, -0.15) is 0 Å². The van der Waals surface area contributed by atoms with Crippen LogP contribution in [0.3, 0.4) is 0 Å². The number of halogens is 6. The number of aromatic nitrogens is 1. The van der Waals surface area contributed by atoms with Gasteiger partial charge in [0.2, 0.25) is 0 Å². The molecule has 4 aromatic rings. The summed E-state index contributed by atoms with van der Waals surface area (Å²) in [5.41, 5.74) is 2.37. The van der Waals surface area contributed by atoms with E-state index in [0.717, 1.165) is 17.0 Å². The topological polar surface area (TPSA) is 97.1 Å². The molecule has 0 aliphatic carbocycles. The molecule has 1 aromatic heterocycles. The van der Waals surface area contributed by atoms with Crippen molar-refractivity contribution in [3.05, 3.63) is 99.3 Å². The van der Waals surface area contributed by atoms with Crippen LogP contribution >= 0.6 is 0 Å². The Bertz CT molecular complexity index is 1870. The summed E-state index contributed by atoms with van der Waals surface area (Å²) < 4.78 is 94.5. The van der Waals surface area contributed by atoms with Gasteiger partial charge in [-0.1, -0.05) is 18.2 Å². The lowest BCUT2D eigenvalue weighted by atomic mass is 9.91. The first-order valence-corrected chi connectivity index (χ1v) is 12.7. The largest absolute Gasteiger partial charge is 0.573 e. The predicted octanol–water partition coefficient (Wildman–Crippen LogP) is 6.29. The molecule has 0 spiro atoms. The third-order valence-corrected chi connectivity index (χ3v) is 6.79. The summed E-state index contributed by atoms with van der Waals surface area (Å²) in [4.78, 5) is 33.4. The number of ether oxygens (including phenoxy) is 2. The summed E-state index contributed by atoms with van der Waals surface area (Å²) in [6.45, 7) is -0.242. The molecule has 14 heteroatoms. The number of nitrogens with zero attached hydrogens (tertiary/aromatic N) is 2. The summed E-state index contributed by atoms with van der Waals surface area (Å²) in [6, 6.07) is 12.4. The number of rotatable bonds is 7. The van der Waals surface area contributed by atoms with Crippen LogP contribution in [0.25, 0.3) is 11.1 Å². The number of carbonyl (C=O) groups is 1. The zero-order valence-electron chi connectivity index (χ0n) is 22.0. The van der Waals surface area contributed by atoms with E-state index in [1.165, 1.54) is 24.3 Å². The molecule has 43 heavy (non-hydrogen) atoms. The SMILES string of the molecule is CC(F)(F)CN1C(=O)C2=C(C(c3cccc4[nH]c(=O)oc34)=NC2)C1c1ccc(Oc2ccc(OC(F)(F)F)c(F)c2)cc1. The van der Waals surface area contributed by atoms with E-state index in [2.05, 4.69) is 14.7 Å². The maximum Gasteiger partial charge on any atom is 0.573 e. The van der Waals surface area contributed by atoms with E-state index >= 15 is 0 Å². The fraction of sp³-hybridized carbons (Fsp3) is 0.207. The van der Waals surface area contributed by atoms with E-state index in [4.69, 9.17) is 9.15 Å². The van der Waals surface area contributed by atoms with Crippen molar-refractivity contribution >= 4 is 22.7 Å². The van der Waals surface area contributed by atoms with Gasteiger partial charge in [0.05, 0.1) is 30.4 Å². The molecule has 3 aromatic carbocycles. The van der Waals surface area contributed by atoms with Crippen molar-refractivity contribution < 1.29 is 45.0 Å². The van der Waals surface area contributed by atoms with Crippen LogP contribution in [0.1, 0.15) is 24.1 Å². The van der Waals surface area contributed by atoms with Gasteiger partial charge in [-0.05, 0) is 42.0 Å². The lowest BCUT2D eigenvalue weighted by Crippen LogP contribution is -2.40. The molecule has 0 fully saturated rings. The number of benzene rings is 3. The third kappa shape index (κ3) is 5.47. The fourth-order valence-corrected chi connectivity index (χ4v) is 5.20. The maximum absolute atomic E-state index is 14.3. The van der Waals surface area contributed by atoms with Gasteiger partial charge in [0.25, 0.3) is 11.8 Å². The number of aliphatic imine (C=N–C) groups is 1. The number of aromatic amines is 1. The highest BCUT2D eigenvalue weighted by atomic mass is 19.4. The summed E-state index contributed by atoms with van der Waals surface area (Å²) in [5, 5.41) is 0. The molecule has 1 amide bonds. The zero-order valence-corrected chi connectivity index (χ0v) is 22.0. The highest BCUT2D eigenvalue weighted by Crippen LogP contribution is 2.45. The van der Waals surface area contributed by atoms with E-state index < -0.39 is 48.1 Å². The van der Waals surface area contributed by atoms with Crippen LogP contribution in [-0.4, -0.2) is 46.9 Å². The van der Waals surface area contributed by atoms with E-state index in [-0.39, 0.29) is 29.2 Å². The van der Waals surface area contributed by atoms with E-state index in [1.807, 2.05) is 0 Å². The van der Waals surface area contributed by atoms with E-state index in [1.54, 1.807) is 18.2 Å². The number of nitrogens with one attached hydrogen (secondary N) is 1. The van der Waals surface area contributed by atoms with Crippen LogP contribution < -0.4 is 15.2 Å². The Balaban J connectivity index is 1.33. The summed E-state index contributed by atoms with van der Waals surface area (Å²) in [7, 11) is 0. The standard InChI is InChI=1S/C29H19F6N3O5/c1-28(31,32)13-38-24(14-5-7-15(8-6-14)41-16-9-10-21(19(30)11-16)43-29(33,34)35)22-18(26(38)39)12-36-23(22)17-3-2-4-20-25(17)42-27(40)37-20/h2-11,24H,12-13H2,1H3,(H,37,40). The lowest BCUT2D eigenvalue weighted by molar-refractivity contribution is -0.275. The van der Waals surface area contributed by atoms with Gasteiger partial charge < -0.3 is 18.8 Å². The number of para-hydroxylation sites is 1. The van der Waals surface area contributed by atoms with Crippen molar-refractivity contribution in [2.24, 2.45) is 4.99 Å². The normalized spacial score (nSPS) is 17.1. The molecule has 1 unspecified atom stereocenters. The first-order chi connectivity index (χ1) is 20.3. The minimum absolute atomic E-state index is 0.0579. The molecule has 0 radical (unpaired) electrons. The van der Waals surface area contributed by atoms with Crippen LogP contribution in [0.2, 0.25) is 0 Å². The molecule has 3 heterocycles. The summed E-state index contributed by atoms with van der Waals surface area (Å²) >= 11 is 0. The van der Waals surface area contributed by atoms with E-state index in [9.17, 15) is 35.9 Å². The van der Waals surface area contributed by atoms with Crippen molar-refractivity contribution in [2.75, 3.05) is 13.1 Å². The first-order valence-electron chi connectivity index (χ1n) is 12.7. The molecular formula is C29H19F6N3O5. The lowest BCUT2D eigenvalue weighted by Gasteiger charge is -2.30. The number of H-pyrrole nitrogens is 1. The van der Waals surface area contributed by atoms with Crippen LogP contribution in [-0.2, 0) is 4.79 Å². The molecule has 222 valence electrons. The zero-order chi connectivity index (χ0) is 30.7. The Labute approximate surface area is 237 Å². The van der Waals surface area contributed by atoms with Gasteiger partial charge in [-0.25, -0.2) is 18.0 Å². The molecule has 0 saturated carbocycles. The molecule has 1 atom stereocenters. The molecule has 0 bridgehead atoms. The number of hydrogen-bond acceptors (Lipinski definition) is 6. The minimum atomic E-state index is -5.07. The number of carbonyl (C=O) groups excluding carboxylic acids is 1. The van der Waals surface area contributed by atoms with Gasteiger partial charge in [0.1, 0.15) is 11.5 Å². The highest BCUT2D eigenvalue weighted by Gasteiger charge is 2.47. The molecule has 2 aliphatic heterocycles. The predicted molar refractivity (Wildman–Crippen MR) is 140 cm³/mol. The van der Waals surface area contributed by atoms with Gasteiger partial charge in [-0.15, -0.1) is 13.2 Å². The summed E-state index contributed by atoms with van der Waals surface area (Å²) in [5.74, 6) is -6.83. The van der Waals surface area contributed by atoms with Gasteiger partial charge in [0.15, 0.2) is 17.1 Å². The van der Waals surface area contributed by atoms with Crippen LogP contribution in [0, 0.1) is 5.82 Å². The second-order valence-corrected chi connectivity index (χ2v) is 9.97. The Morgan fingerprint density at radius 1 is 1.02 bits per heavy atom. The number of amides is 1. The van der Waals surface area contributed by atoms with Crippen LogP contribution in [0.5, 0.6) is 17.2 Å². The molecule has 6 rings (SSSR count). The van der Waals surface area contributed by atoms with Crippen molar-refractivity contribution in [3.8, 4) is 17.2 Å². The quantitative estimate of drug-likeness (QED) is 0.251. The number of oxazole rings is 1. The van der Waals surface area contributed by atoms with Crippen LogP contribution in [0.15, 0.2) is 86.0 Å². The van der Waals surface area contributed by atoms with E-state index in [0.29, 0.717) is 40.9 Å². The van der Waals surface area contributed by atoms with Crippen LogP contribution in [0.4, 0.5) is 26.3 Å². The summed E-state index contributed by atoms with van der Waals surface area (Å²) in [6.07, 6.45) is -5.07. The molecule has 1 N–H and O–H groups in total. The highest BCUT2D eigenvalue weighted by molar-refractivity contribution is 6.25. The average molecular weight is 603 g/mol. The fourth-order valence-electron chi connectivity index (χ4n) is 5.20. The minimum Gasteiger partial charge on any atom is -0.457 e. The monoisotopic (exact) mass is 603 g/mol. The van der Waals surface area contributed by atoms with Crippen molar-refractivity contribution in [1.29, 1.82) is 0 Å². The maximum atomic E-state index is 14.3. The van der Waals surface area contributed by atoms with Crippen molar-refractivity contribution in [3.63, 3.8) is 0 Å². The molecule has 8 nitrogen and oxygen atoms in total. The van der Waals surface area contributed by atoms with Gasteiger partial charge in [0, 0.05) is 29.7 Å². The number of alkyl halides is 5. The van der Waals surface area contributed by atoms with Crippen molar-refractivity contribution in [1.82, 2.24) is 9.88 Å². The van der Waals surface area contributed by atoms with Crippen molar-refractivity contribution in [2.45, 2.75) is 25.3 Å². The second kappa shape index (κ2) is 10.1. The first kappa shape index (κ1) is 28.1. The Morgan fingerprint density at radius 3 is 2.42 bits per heavy atom. The van der Waals surface area contributed by atoms with Gasteiger partial charge >= 0.3 is 12.1 Å².